The molecule has 1 aliphatic rings. The van der Waals surface area contributed by atoms with Crippen LogP contribution >= 0.6 is 11.3 Å². The van der Waals surface area contributed by atoms with Gasteiger partial charge in [0.25, 0.3) is 0 Å². The van der Waals surface area contributed by atoms with Crippen molar-refractivity contribution in [1.29, 1.82) is 0 Å². The summed E-state index contributed by atoms with van der Waals surface area (Å²) in [6.45, 7) is 4.45. The largest absolute Gasteiger partial charge is 0.310 e. The van der Waals surface area contributed by atoms with Gasteiger partial charge in [-0.05, 0) is 32.5 Å². The number of aromatic nitrogens is 1. The molecule has 4 heteroatoms. The average molecular weight is 287 g/mol. The van der Waals surface area contributed by atoms with Crippen LogP contribution in [0.25, 0.3) is 11.3 Å². The third-order valence-electron chi connectivity index (χ3n) is 3.82. The van der Waals surface area contributed by atoms with Crippen molar-refractivity contribution < 1.29 is 0 Å². The predicted molar refractivity (Wildman–Crippen MR) is 84.9 cm³/mol. The molecule has 0 radical (unpaired) electrons. The molecule has 1 N–H and O–H groups in total. The van der Waals surface area contributed by atoms with Gasteiger partial charge >= 0.3 is 0 Å². The van der Waals surface area contributed by atoms with E-state index < -0.39 is 0 Å². The van der Waals surface area contributed by atoms with Crippen LogP contribution < -0.4 is 5.32 Å². The van der Waals surface area contributed by atoms with E-state index in [1.54, 1.807) is 11.3 Å². The average Bonchev–Trinajstić information content (AvgIpc) is 3.09. The van der Waals surface area contributed by atoms with Gasteiger partial charge in [0, 0.05) is 24.0 Å². The molecule has 20 heavy (non-hydrogen) atoms. The standard InChI is InChI=1S/C16H21N3S/c1-19-8-7-13(11-19)9-17-10-16-18-15(12-20-16)14-5-3-2-4-6-14/h2-6,12-13,17H,7-11H2,1H3. The normalized spacial score (nSPS) is 19.6. The molecule has 2 aromatic rings. The summed E-state index contributed by atoms with van der Waals surface area (Å²) < 4.78 is 0. The molecule has 1 atom stereocenters. The van der Waals surface area contributed by atoms with Gasteiger partial charge in [0.15, 0.2) is 0 Å². The minimum Gasteiger partial charge on any atom is -0.310 e. The molecule has 1 aliphatic heterocycles. The molecule has 1 aromatic heterocycles. The Morgan fingerprint density at radius 1 is 1.35 bits per heavy atom. The van der Waals surface area contributed by atoms with E-state index in [0.29, 0.717) is 0 Å². The molecule has 0 amide bonds. The lowest BCUT2D eigenvalue weighted by molar-refractivity contribution is 0.388. The van der Waals surface area contributed by atoms with E-state index in [4.69, 9.17) is 4.98 Å². The van der Waals surface area contributed by atoms with Crippen LogP contribution in [0.15, 0.2) is 35.7 Å². The van der Waals surface area contributed by atoms with Crippen LogP contribution in [0.3, 0.4) is 0 Å². The van der Waals surface area contributed by atoms with Crippen molar-refractivity contribution in [3.8, 4) is 11.3 Å². The summed E-state index contributed by atoms with van der Waals surface area (Å²) in [5.41, 5.74) is 2.29. The Bertz CT molecular complexity index is 538. The zero-order chi connectivity index (χ0) is 13.8. The van der Waals surface area contributed by atoms with Crippen molar-refractivity contribution in [2.24, 2.45) is 5.92 Å². The number of nitrogens with one attached hydrogen (secondary N) is 1. The van der Waals surface area contributed by atoms with Crippen LogP contribution in [-0.2, 0) is 6.54 Å². The van der Waals surface area contributed by atoms with E-state index in [1.807, 2.05) is 6.07 Å². The highest BCUT2D eigenvalue weighted by atomic mass is 32.1. The maximum absolute atomic E-state index is 4.71. The maximum Gasteiger partial charge on any atom is 0.107 e. The molecule has 3 nitrogen and oxygen atoms in total. The summed E-state index contributed by atoms with van der Waals surface area (Å²) >= 11 is 1.74. The van der Waals surface area contributed by atoms with Crippen molar-refractivity contribution in [3.63, 3.8) is 0 Å². The lowest BCUT2D eigenvalue weighted by atomic mass is 10.1. The van der Waals surface area contributed by atoms with E-state index in [2.05, 4.69) is 46.9 Å². The van der Waals surface area contributed by atoms with Crippen LogP contribution in [0.1, 0.15) is 11.4 Å². The van der Waals surface area contributed by atoms with Crippen LogP contribution in [0, 0.1) is 5.92 Å². The molecule has 106 valence electrons. The first kappa shape index (κ1) is 13.7. The highest BCUT2D eigenvalue weighted by Crippen LogP contribution is 2.21. The van der Waals surface area contributed by atoms with Crippen molar-refractivity contribution >= 4 is 11.3 Å². The third kappa shape index (κ3) is 3.45. The number of thiazole rings is 1. The summed E-state index contributed by atoms with van der Waals surface area (Å²) in [7, 11) is 2.20. The molecular formula is C16H21N3S. The SMILES string of the molecule is CN1CCC(CNCc2nc(-c3ccccc3)cs2)C1. The van der Waals surface area contributed by atoms with Crippen molar-refractivity contribution in [1.82, 2.24) is 15.2 Å². The lowest BCUT2D eigenvalue weighted by Gasteiger charge is -2.10. The Kier molecular flexibility index (Phi) is 4.45. The fourth-order valence-electron chi connectivity index (χ4n) is 2.71. The van der Waals surface area contributed by atoms with E-state index in [-0.39, 0.29) is 0 Å². The first-order valence-electron chi connectivity index (χ1n) is 7.20. The predicted octanol–water partition coefficient (Wildman–Crippen LogP) is 2.85. The summed E-state index contributed by atoms with van der Waals surface area (Å²) in [6.07, 6.45) is 1.32. The van der Waals surface area contributed by atoms with Gasteiger partial charge in [-0.3, -0.25) is 0 Å². The van der Waals surface area contributed by atoms with Gasteiger partial charge in [-0.25, -0.2) is 4.98 Å². The first-order chi connectivity index (χ1) is 9.81. The number of likely N-dealkylation sites (tertiary alicyclic amines) is 1. The Balaban J connectivity index is 1.50. The molecule has 1 aromatic carbocycles. The van der Waals surface area contributed by atoms with E-state index in [0.717, 1.165) is 24.7 Å². The summed E-state index contributed by atoms with van der Waals surface area (Å²) in [5.74, 6) is 0.800. The van der Waals surface area contributed by atoms with E-state index in [1.165, 1.54) is 30.1 Å². The monoisotopic (exact) mass is 287 g/mol. The summed E-state index contributed by atoms with van der Waals surface area (Å²) in [5, 5.41) is 6.87. The maximum atomic E-state index is 4.71. The number of benzene rings is 1. The zero-order valence-electron chi connectivity index (χ0n) is 11.9. The van der Waals surface area contributed by atoms with Gasteiger partial charge in [0.1, 0.15) is 5.01 Å². The van der Waals surface area contributed by atoms with E-state index >= 15 is 0 Å². The molecule has 2 heterocycles. The minimum absolute atomic E-state index is 0.800. The Labute approximate surface area is 124 Å². The molecule has 0 spiro atoms. The second-order valence-electron chi connectivity index (χ2n) is 5.54. The number of nitrogens with zero attached hydrogens (tertiary/aromatic N) is 2. The third-order valence-corrected chi connectivity index (χ3v) is 4.67. The molecule has 0 aliphatic carbocycles. The number of hydrogen-bond acceptors (Lipinski definition) is 4. The molecule has 3 rings (SSSR count). The van der Waals surface area contributed by atoms with Gasteiger partial charge in [0.2, 0.25) is 0 Å². The topological polar surface area (TPSA) is 28.2 Å². The summed E-state index contributed by atoms with van der Waals surface area (Å²) in [6, 6.07) is 10.4. The Morgan fingerprint density at radius 3 is 2.95 bits per heavy atom. The Hall–Kier alpha value is -1.23. The number of rotatable bonds is 5. The highest BCUT2D eigenvalue weighted by Gasteiger charge is 2.18. The fourth-order valence-corrected chi connectivity index (χ4v) is 3.48. The highest BCUT2D eigenvalue weighted by molar-refractivity contribution is 7.09. The molecule has 1 unspecified atom stereocenters. The van der Waals surface area contributed by atoms with Crippen LogP contribution in [0.4, 0.5) is 0 Å². The van der Waals surface area contributed by atoms with Crippen LogP contribution in [0.2, 0.25) is 0 Å². The molecule has 1 saturated heterocycles. The Morgan fingerprint density at radius 2 is 2.20 bits per heavy atom. The molecule has 0 saturated carbocycles. The fraction of sp³-hybridized carbons (Fsp3) is 0.438. The smallest absolute Gasteiger partial charge is 0.107 e. The van der Waals surface area contributed by atoms with Crippen molar-refractivity contribution in [3.05, 3.63) is 40.7 Å². The zero-order valence-corrected chi connectivity index (χ0v) is 12.7. The van der Waals surface area contributed by atoms with Gasteiger partial charge in [-0.1, -0.05) is 30.3 Å². The summed E-state index contributed by atoms with van der Waals surface area (Å²) in [4.78, 5) is 7.11. The van der Waals surface area contributed by atoms with E-state index in [9.17, 15) is 0 Å². The van der Waals surface area contributed by atoms with Crippen LogP contribution in [0.5, 0.6) is 0 Å². The second kappa shape index (κ2) is 6.48. The number of hydrogen-bond donors (Lipinski definition) is 1. The quantitative estimate of drug-likeness (QED) is 0.916. The first-order valence-corrected chi connectivity index (χ1v) is 8.08. The van der Waals surface area contributed by atoms with Crippen molar-refractivity contribution in [2.45, 2.75) is 13.0 Å². The molecular weight excluding hydrogens is 266 g/mol. The van der Waals surface area contributed by atoms with Gasteiger partial charge in [0.05, 0.1) is 5.69 Å². The van der Waals surface area contributed by atoms with Crippen molar-refractivity contribution in [2.75, 3.05) is 26.7 Å². The lowest BCUT2D eigenvalue weighted by Crippen LogP contribution is -2.24. The van der Waals surface area contributed by atoms with Crippen LogP contribution in [-0.4, -0.2) is 36.6 Å². The molecule has 0 bridgehead atoms. The van der Waals surface area contributed by atoms with Gasteiger partial charge in [-0.15, -0.1) is 11.3 Å². The second-order valence-corrected chi connectivity index (χ2v) is 6.48. The van der Waals surface area contributed by atoms with Gasteiger partial charge in [-0.2, -0.15) is 0 Å². The minimum atomic E-state index is 0.800. The van der Waals surface area contributed by atoms with Gasteiger partial charge < -0.3 is 10.2 Å². The molecule has 1 fully saturated rings.